The van der Waals surface area contributed by atoms with E-state index in [9.17, 15) is 4.39 Å². The largest absolute Gasteiger partial charge is 0.490 e. The molecule has 0 saturated heterocycles. The number of halogens is 2. The Balaban J connectivity index is 1.52. The number of fused-ring (bicyclic) bond motifs is 1. The number of rotatable bonds is 8. The molecule has 1 N–H and O–H groups in total. The Morgan fingerprint density at radius 2 is 1.61 bits per heavy atom. The molecule has 0 aliphatic carbocycles. The van der Waals surface area contributed by atoms with Gasteiger partial charge in [-0.25, -0.2) is 4.39 Å². The van der Waals surface area contributed by atoms with Crippen LogP contribution in [0.15, 0.2) is 83.3 Å². The summed E-state index contributed by atoms with van der Waals surface area (Å²) in [5, 5.41) is 5.92. The van der Waals surface area contributed by atoms with Crippen molar-refractivity contribution in [2.45, 2.75) is 20.1 Å². The maximum Gasteiger partial charge on any atom is 0.162 e. The number of hydrogen-bond donors (Lipinski definition) is 1. The van der Waals surface area contributed by atoms with Crippen LogP contribution in [0, 0.1) is 5.82 Å². The van der Waals surface area contributed by atoms with Gasteiger partial charge in [0.25, 0.3) is 0 Å². The molecule has 0 saturated carbocycles. The molecule has 0 aliphatic rings. The van der Waals surface area contributed by atoms with Crippen molar-refractivity contribution in [2.75, 3.05) is 11.9 Å². The van der Waals surface area contributed by atoms with Gasteiger partial charge in [-0.15, -0.1) is 0 Å². The first kappa shape index (κ1) is 21.2. The molecular formula is C26H23BrFNO2. The number of ether oxygens (including phenoxy) is 2. The molecule has 0 aliphatic heterocycles. The van der Waals surface area contributed by atoms with E-state index >= 15 is 0 Å². The second-order valence-corrected chi connectivity index (χ2v) is 7.97. The lowest BCUT2D eigenvalue weighted by atomic mass is 10.1. The zero-order chi connectivity index (χ0) is 21.6. The van der Waals surface area contributed by atoms with E-state index in [1.807, 2.05) is 31.2 Å². The molecule has 0 fully saturated rings. The van der Waals surface area contributed by atoms with Crippen LogP contribution in [0.3, 0.4) is 0 Å². The predicted octanol–water partition coefficient (Wildman–Crippen LogP) is 7.33. The molecule has 0 spiro atoms. The van der Waals surface area contributed by atoms with E-state index in [-0.39, 0.29) is 5.82 Å². The van der Waals surface area contributed by atoms with E-state index in [4.69, 9.17) is 9.47 Å². The lowest BCUT2D eigenvalue weighted by Gasteiger charge is -2.16. The van der Waals surface area contributed by atoms with Crippen molar-refractivity contribution in [1.82, 2.24) is 0 Å². The van der Waals surface area contributed by atoms with Gasteiger partial charge >= 0.3 is 0 Å². The Hall–Kier alpha value is -3.05. The number of anilines is 1. The second-order valence-electron chi connectivity index (χ2n) is 7.12. The quantitative estimate of drug-likeness (QED) is 0.286. The molecule has 0 aromatic heterocycles. The molecule has 31 heavy (non-hydrogen) atoms. The van der Waals surface area contributed by atoms with Gasteiger partial charge in [0, 0.05) is 22.1 Å². The van der Waals surface area contributed by atoms with E-state index in [0.717, 1.165) is 21.3 Å². The van der Waals surface area contributed by atoms with E-state index in [2.05, 4.69) is 51.6 Å². The average molecular weight is 480 g/mol. The van der Waals surface area contributed by atoms with Gasteiger partial charge in [-0.3, -0.25) is 0 Å². The number of benzene rings is 4. The summed E-state index contributed by atoms with van der Waals surface area (Å²) in [4.78, 5) is 0. The third-order valence-corrected chi connectivity index (χ3v) is 5.72. The molecule has 4 rings (SSSR count). The Morgan fingerprint density at radius 3 is 2.42 bits per heavy atom. The van der Waals surface area contributed by atoms with Gasteiger partial charge < -0.3 is 14.8 Å². The van der Waals surface area contributed by atoms with Crippen molar-refractivity contribution in [1.29, 1.82) is 0 Å². The van der Waals surface area contributed by atoms with Crippen molar-refractivity contribution in [3.8, 4) is 11.5 Å². The van der Waals surface area contributed by atoms with Gasteiger partial charge in [-0.05, 0) is 53.8 Å². The highest BCUT2D eigenvalue weighted by molar-refractivity contribution is 9.10. The maximum absolute atomic E-state index is 13.1. The van der Waals surface area contributed by atoms with Gasteiger partial charge in [0.1, 0.15) is 12.4 Å². The maximum atomic E-state index is 13.1. The summed E-state index contributed by atoms with van der Waals surface area (Å²) < 4.78 is 25.9. The lowest BCUT2D eigenvalue weighted by molar-refractivity contribution is 0.269. The van der Waals surface area contributed by atoms with Crippen molar-refractivity contribution in [3.05, 3.63) is 100 Å². The topological polar surface area (TPSA) is 30.5 Å². The summed E-state index contributed by atoms with van der Waals surface area (Å²) in [7, 11) is 0. The monoisotopic (exact) mass is 479 g/mol. The molecule has 0 bridgehead atoms. The molecule has 0 heterocycles. The summed E-state index contributed by atoms with van der Waals surface area (Å²) in [6, 6.07) is 24.8. The Kier molecular flexibility index (Phi) is 6.73. The van der Waals surface area contributed by atoms with Crippen LogP contribution in [-0.2, 0) is 13.2 Å². The highest BCUT2D eigenvalue weighted by Gasteiger charge is 2.12. The standard InChI is InChI=1S/C26H23BrFNO2/c1-2-30-25-14-20(16-29-24-9-5-7-19-6-3-4-8-22(19)24)23(27)15-26(25)31-17-18-10-12-21(28)13-11-18/h3-15,29H,2,16-17H2,1H3. The van der Waals surface area contributed by atoms with Crippen LogP contribution in [-0.4, -0.2) is 6.61 Å². The SMILES string of the molecule is CCOc1cc(CNc2cccc3ccccc23)c(Br)cc1OCc1ccc(F)cc1. The van der Waals surface area contributed by atoms with E-state index in [1.165, 1.54) is 22.9 Å². The van der Waals surface area contributed by atoms with Crippen molar-refractivity contribution in [2.24, 2.45) is 0 Å². The molecule has 4 aromatic rings. The van der Waals surface area contributed by atoms with Gasteiger partial charge in [0.05, 0.1) is 6.61 Å². The second kappa shape index (κ2) is 9.84. The fourth-order valence-electron chi connectivity index (χ4n) is 3.41. The van der Waals surface area contributed by atoms with Crippen LogP contribution < -0.4 is 14.8 Å². The van der Waals surface area contributed by atoms with Gasteiger partial charge in [-0.2, -0.15) is 0 Å². The average Bonchev–Trinajstić information content (AvgIpc) is 2.79. The summed E-state index contributed by atoms with van der Waals surface area (Å²) in [5.74, 6) is 1.07. The minimum Gasteiger partial charge on any atom is -0.490 e. The third kappa shape index (κ3) is 5.17. The molecule has 4 aromatic carbocycles. The number of hydrogen-bond acceptors (Lipinski definition) is 3. The molecule has 0 radical (unpaired) electrons. The van der Waals surface area contributed by atoms with Crippen LogP contribution in [0.1, 0.15) is 18.1 Å². The first-order valence-corrected chi connectivity index (χ1v) is 11.0. The first-order valence-electron chi connectivity index (χ1n) is 10.2. The molecular weight excluding hydrogens is 457 g/mol. The Morgan fingerprint density at radius 1 is 0.871 bits per heavy atom. The summed E-state index contributed by atoms with van der Waals surface area (Å²) in [6.45, 7) is 3.44. The summed E-state index contributed by atoms with van der Waals surface area (Å²) >= 11 is 3.67. The third-order valence-electron chi connectivity index (χ3n) is 4.98. The Labute approximate surface area is 189 Å². The fourth-order valence-corrected chi connectivity index (χ4v) is 3.87. The van der Waals surface area contributed by atoms with Crippen molar-refractivity contribution >= 4 is 32.4 Å². The molecule has 0 amide bonds. The highest BCUT2D eigenvalue weighted by atomic mass is 79.9. The normalized spacial score (nSPS) is 10.8. The first-order chi connectivity index (χ1) is 15.1. The molecule has 3 nitrogen and oxygen atoms in total. The fraction of sp³-hybridized carbons (Fsp3) is 0.154. The summed E-state index contributed by atoms with van der Waals surface area (Å²) in [5.41, 5.74) is 3.03. The van der Waals surface area contributed by atoms with Crippen molar-refractivity contribution < 1.29 is 13.9 Å². The molecule has 5 heteroatoms. The lowest BCUT2D eigenvalue weighted by Crippen LogP contribution is -2.04. The van der Waals surface area contributed by atoms with Gasteiger partial charge in [0.15, 0.2) is 11.5 Å². The number of nitrogens with one attached hydrogen (secondary N) is 1. The van der Waals surface area contributed by atoms with Crippen LogP contribution in [0.5, 0.6) is 11.5 Å². The van der Waals surface area contributed by atoms with E-state index < -0.39 is 0 Å². The van der Waals surface area contributed by atoms with Crippen LogP contribution in [0.2, 0.25) is 0 Å². The van der Waals surface area contributed by atoms with E-state index in [1.54, 1.807) is 12.1 Å². The highest BCUT2D eigenvalue weighted by Crippen LogP contribution is 2.35. The summed E-state index contributed by atoms with van der Waals surface area (Å²) in [6.07, 6.45) is 0. The van der Waals surface area contributed by atoms with Gasteiger partial charge in [-0.1, -0.05) is 64.5 Å². The molecule has 0 atom stereocenters. The zero-order valence-electron chi connectivity index (χ0n) is 17.2. The van der Waals surface area contributed by atoms with Crippen molar-refractivity contribution in [3.63, 3.8) is 0 Å². The Bertz CT molecular complexity index is 1170. The zero-order valence-corrected chi connectivity index (χ0v) is 18.8. The predicted molar refractivity (Wildman–Crippen MR) is 127 cm³/mol. The van der Waals surface area contributed by atoms with Gasteiger partial charge in [0.2, 0.25) is 0 Å². The van der Waals surface area contributed by atoms with Crippen LogP contribution in [0.25, 0.3) is 10.8 Å². The molecule has 158 valence electrons. The minimum absolute atomic E-state index is 0.260. The molecule has 0 unspecified atom stereocenters. The van der Waals surface area contributed by atoms with Crippen LogP contribution >= 0.6 is 15.9 Å². The smallest absolute Gasteiger partial charge is 0.162 e. The van der Waals surface area contributed by atoms with Crippen LogP contribution in [0.4, 0.5) is 10.1 Å². The minimum atomic E-state index is -0.260. The van der Waals surface area contributed by atoms with E-state index in [0.29, 0.717) is 31.3 Å².